The van der Waals surface area contributed by atoms with Gasteiger partial charge >= 0.3 is 0 Å². The highest BCUT2D eigenvalue weighted by molar-refractivity contribution is 5.60. The van der Waals surface area contributed by atoms with Gasteiger partial charge in [0, 0.05) is 38.9 Å². The number of aryl methyl sites for hydroxylation is 2. The number of nitrogen functional groups attached to an aromatic ring is 1. The fourth-order valence-electron chi connectivity index (χ4n) is 3.20. The van der Waals surface area contributed by atoms with Gasteiger partial charge in [0.2, 0.25) is 5.88 Å². The van der Waals surface area contributed by atoms with Crippen LogP contribution in [0.15, 0.2) is 12.3 Å². The number of pyridine rings is 1. The Hall–Kier alpha value is -2.35. The van der Waals surface area contributed by atoms with E-state index in [2.05, 4.69) is 32.3 Å². The second kappa shape index (κ2) is 7.04. The molecule has 0 aromatic carbocycles. The largest absolute Gasteiger partial charge is 0.480 e. The van der Waals surface area contributed by atoms with E-state index in [1.54, 1.807) is 20.4 Å². The highest BCUT2D eigenvalue weighted by Gasteiger charge is 2.23. The fraction of sp³-hybridized carbons (Fsp3) is 0.562. The summed E-state index contributed by atoms with van der Waals surface area (Å²) >= 11 is 0. The Morgan fingerprint density at radius 2 is 2.08 bits per heavy atom. The number of nitrogens with two attached hydrogens (primary N) is 1. The van der Waals surface area contributed by atoms with Crippen molar-refractivity contribution in [2.75, 3.05) is 30.8 Å². The molecule has 8 nitrogen and oxygen atoms in total. The summed E-state index contributed by atoms with van der Waals surface area (Å²) in [4.78, 5) is 8.19. The summed E-state index contributed by atoms with van der Waals surface area (Å²) in [6, 6.07) is 2.48. The molecule has 8 heteroatoms. The van der Waals surface area contributed by atoms with Gasteiger partial charge in [-0.15, -0.1) is 5.10 Å². The molecule has 0 amide bonds. The minimum absolute atomic E-state index is 0.450. The van der Waals surface area contributed by atoms with E-state index in [-0.39, 0.29) is 0 Å². The number of hydrogen-bond acceptors (Lipinski definition) is 7. The van der Waals surface area contributed by atoms with Crippen LogP contribution in [0.5, 0.6) is 5.88 Å². The summed E-state index contributed by atoms with van der Waals surface area (Å²) in [6.45, 7) is 4.69. The lowest BCUT2D eigenvalue weighted by Crippen LogP contribution is -2.42. The van der Waals surface area contributed by atoms with E-state index in [0.29, 0.717) is 24.3 Å². The lowest BCUT2D eigenvalue weighted by atomic mass is 10.0. The summed E-state index contributed by atoms with van der Waals surface area (Å²) in [7, 11) is 3.45. The predicted octanol–water partition coefficient (Wildman–Crippen LogP) is 0.868. The van der Waals surface area contributed by atoms with E-state index in [0.717, 1.165) is 37.3 Å². The predicted molar refractivity (Wildman–Crippen MR) is 93.0 cm³/mol. The molecule has 0 atom stereocenters. The maximum Gasteiger partial charge on any atom is 0.237 e. The van der Waals surface area contributed by atoms with Crippen molar-refractivity contribution in [1.29, 1.82) is 0 Å². The molecule has 3 heterocycles. The number of nitrogens with zero attached hydrogens (tertiary/aromatic N) is 5. The number of anilines is 2. The van der Waals surface area contributed by atoms with E-state index >= 15 is 0 Å². The van der Waals surface area contributed by atoms with Crippen LogP contribution >= 0.6 is 0 Å². The van der Waals surface area contributed by atoms with E-state index in [4.69, 9.17) is 10.5 Å². The zero-order valence-electron chi connectivity index (χ0n) is 14.5. The normalized spacial score (nSPS) is 15.7. The van der Waals surface area contributed by atoms with Crippen LogP contribution in [0.2, 0.25) is 0 Å². The first-order chi connectivity index (χ1) is 11.6. The molecule has 1 aliphatic heterocycles. The van der Waals surface area contributed by atoms with Crippen LogP contribution in [-0.4, -0.2) is 46.2 Å². The van der Waals surface area contributed by atoms with Crippen molar-refractivity contribution in [3.63, 3.8) is 0 Å². The first-order valence-electron chi connectivity index (χ1n) is 8.22. The average molecular weight is 331 g/mol. The molecule has 0 saturated carbocycles. The molecule has 3 rings (SSSR count). The van der Waals surface area contributed by atoms with Crippen molar-refractivity contribution < 1.29 is 4.74 Å². The second-order valence-corrected chi connectivity index (χ2v) is 6.15. The molecule has 0 bridgehead atoms. The van der Waals surface area contributed by atoms with Gasteiger partial charge in [-0.3, -0.25) is 0 Å². The minimum atomic E-state index is 0.450. The Balaban J connectivity index is 1.57. The Labute approximate surface area is 142 Å². The van der Waals surface area contributed by atoms with Crippen molar-refractivity contribution in [3.8, 4) is 5.88 Å². The first-order valence-corrected chi connectivity index (χ1v) is 8.22. The van der Waals surface area contributed by atoms with Crippen LogP contribution < -0.4 is 20.7 Å². The molecule has 1 fully saturated rings. The standard InChI is InChI=1S/C16H25N7O/c1-11-4-7-18-16(24-3)14(11)23-8-5-12(6-9-23)19-10-13-15(17)21-22(2)20-13/h4,7,12,19H,5-6,8-10H2,1-3H3,(H2,17,21). The van der Waals surface area contributed by atoms with Gasteiger partial charge in [0.15, 0.2) is 5.82 Å². The quantitative estimate of drug-likeness (QED) is 0.839. The Kier molecular flexibility index (Phi) is 4.84. The van der Waals surface area contributed by atoms with Crippen molar-refractivity contribution in [2.45, 2.75) is 32.4 Å². The molecule has 0 unspecified atom stereocenters. The molecule has 24 heavy (non-hydrogen) atoms. The van der Waals surface area contributed by atoms with Crippen LogP contribution in [0.4, 0.5) is 11.5 Å². The molecule has 2 aromatic heterocycles. The van der Waals surface area contributed by atoms with E-state index in [1.807, 2.05) is 6.07 Å². The molecule has 0 radical (unpaired) electrons. The lowest BCUT2D eigenvalue weighted by Gasteiger charge is -2.35. The molecular weight excluding hydrogens is 306 g/mol. The van der Waals surface area contributed by atoms with Crippen LogP contribution in [0.25, 0.3) is 0 Å². The van der Waals surface area contributed by atoms with Crippen LogP contribution in [0.1, 0.15) is 24.1 Å². The Morgan fingerprint density at radius 1 is 1.33 bits per heavy atom. The third-order valence-corrected chi connectivity index (χ3v) is 4.47. The molecule has 1 aliphatic rings. The van der Waals surface area contributed by atoms with Crippen LogP contribution in [-0.2, 0) is 13.6 Å². The Bertz CT molecular complexity index is 692. The third-order valence-electron chi connectivity index (χ3n) is 4.47. The smallest absolute Gasteiger partial charge is 0.237 e. The lowest BCUT2D eigenvalue weighted by molar-refractivity contribution is 0.385. The second-order valence-electron chi connectivity index (χ2n) is 6.15. The van der Waals surface area contributed by atoms with Crippen molar-refractivity contribution >= 4 is 11.5 Å². The van der Waals surface area contributed by atoms with Crippen molar-refractivity contribution in [3.05, 3.63) is 23.5 Å². The van der Waals surface area contributed by atoms with Crippen molar-refractivity contribution in [2.24, 2.45) is 7.05 Å². The third kappa shape index (κ3) is 3.43. The summed E-state index contributed by atoms with van der Waals surface area (Å²) < 4.78 is 5.43. The number of nitrogens with one attached hydrogen (secondary N) is 1. The van der Waals surface area contributed by atoms with Gasteiger partial charge in [0.1, 0.15) is 11.4 Å². The zero-order chi connectivity index (χ0) is 17.1. The average Bonchev–Trinajstić information content (AvgIpc) is 2.91. The first kappa shape index (κ1) is 16.5. The fourth-order valence-corrected chi connectivity index (χ4v) is 3.20. The SMILES string of the molecule is COc1nccc(C)c1N1CCC(NCc2nn(C)nc2N)CC1. The van der Waals surface area contributed by atoms with Gasteiger partial charge in [-0.2, -0.15) is 9.90 Å². The number of rotatable bonds is 5. The van der Waals surface area contributed by atoms with Crippen LogP contribution in [0, 0.1) is 6.92 Å². The molecule has 3 N–H and O–H groups in total. The zero-order valence-corrected chi connectivity index (χ0v) is 14.5. The molecule has 1 saturated heterocycles. The molecule has 130 valence electrons. The number of aromatic nitrogens is 4. The van der Waals surface area contributed by atoms with Crippen LogP contribution in [0.3, 0.4) is 0 Å². The number of piperidine rings is 1. The van der Waals surface area contributed by atoms with Gasteiger partial charge in [-0.1, -0.05) is 0 Å². The summed E-state index contributed by atoms with van der Waals surface area (Å²) in [5.41, 5.74) is 8.95. The molecular formula is C16H25N7O. The molecule has 0 spiro atoms. The number of methoxy groups -OCH3 is 1. The van der Waals surface area contributed by atoms with Gasteiger partial charge < -0.3 is 20.7 Å². The van der Waals surface area contributed by atoms with E-state index < -0.39 is 0 Å². The minimum Gasteiger partial charge on any atom is -0.480 e. The topological polar surface area (TPSA) is 94.1 Å². The van der Waals surface area contributed by atoms with E-state index in [9.17, 15) is 0 Å². The summed E-state index contributed by atoms with van der Waals surface area (Å²) in [6.07, 6.45) is 3.90. The highest BCUT2D eigenvalue weighted by atomic mass is 16.5. The maximum atomic E-state index is 5.84. The van der Waals surface area contributed by atoms with Gasteiger partial charge in [-0.05, 0) is 31.4 Å². The summed E-state index contributed by atoms with van der Waals surface area (Å²) in [5.74, 6) is 1.20. The maximum absolute atomic E-state index is 5.84. The van der Waals surface area contributed by atoms with Crippen molar-refractivity contribution in [1.82, 2.24) is 25.3 Å². The van der Waals surface area contributed by atoms with Gasteiger partial charge in [0.05, 0.1) is 7.11 Å². The van der Waals surface area contributed by atoms with Gasteiger partial charge in [0.25, 0.3) is 0 Å². The number of hydrogen-bond donors (Lipinski definition) is 2. The molecule has 0 aliphatic carbocycles. The Morgan fingerprint density at radius 3 is 2.71 bits per heavy atom. The highest BCUT2D eigenvalue weighted by Crippen LogP contribution is 2.31. The van der Waals surface area contributed by atoms with Gasteiger partial charge in [-0.25, -0.2) is 4.98 Å². The van der Waals surface area contributed by atoms with E-state index in [1.165, 1.54) is 10.4 Å². The molecule has 2 aromatic rings. The summed E-state index contributed by atoms with van der Waals surface area (Å²) in [5, 5.41) is 11.9. The monoisotopic (exact) mass is 331 g/mol. The number of ether oxygens (including phenoxy) is 1.